The van der Waals surface area contributed by atoms with Crippen molar-refractivity contribution in [3.05, 3.63) is 65.4 Å². The van der Waals surface area contributed by atoms with E-state index in [4.69, 9.17) is 15.7 Å². The highest BCUT2D eigenvalue weighted by Crippen LogP contribution is 2.43. The molecule has 4 aromatic rings. The van der Waals surface area contributed by atoms with Crippen LogP contribution < -0.4 is 15.5 Å². The van der Waals surface area contributed by atoms with Crippen LogP contribution in [0, 0.1) is 0 Å². The minimum atomic E-state index is -0.446. The molecule has 0 spiro atoms. The average Bonchev–Trinajstić information content (AvgIpc) is 3.63. The number of piperazine rings is 1. The van der Waals surface area contributed by atoms with Gasteiger partial charge in [0.2, 0.25) is 0 Å². The van der Waals surface area contributed by atoms with E-state index in [1.807, 2.05) is 6.07 Å². The zero-order valence-corrected chi connectivity index (χ0v) is 19.0. The van der Waals surface area contributed by atoms with Gasteiger partial charge in [-0.05, 0) is 30.5 Å². The number of pyridine rings is 1. The Kier molecular flexibility index (Phi) is 4.95. The monoisotopic (exact) mass is 456 g/mol. The lowest BCUT2D eigenvalue weighted by Gasteiger charge is -2.37. The maximum atomic E-state index is 11.9. The molecule has 6 rings (SSSR count). The van der Waals surface area contributed by atoms with Crippen molar-refractivity contribution in [3.63, 3.8) is 0 Å². The highest BCUT2D eigenvalue weighted by molar-refractivity contribution is 7.17. The number of hydrogen-bond donors (Lipinski definition) is 1. The van der Waals surface area contributed by atoms with Gasteiger partial charge in [-0.25, -0.2) is 15.0 Å². The van der Waals surface area contributed by atoms with Gasteiger partial charge in [0.1, 0.15) is 22.3 Å². The van der Waals surface area contributed by atoms with Gasteiger partial charge in [0, 0.05) is 49.2 Å². The third-order valence-electron chi connectivity index (χ3n) is 6.39. The number of benzene rings is 1. The van der Waals surface area contributed by atoms with Crippen LogP contribution in [0.25, 0.3) is 21.3 Å². The maximum absolute atomic E-state index is 11.9. The lowest BCUT2D eigenvalue weighted by atomic mass is 10.1. The quantitative estimate of drug-likeness (QED) is 0.487. The molecule has 166 valence electrons. The number of nitrogens with two attached hydrogens (primary N) is 1. The molecule has 2 fully saturated rings. The number of hydrogen-bond acceptors (Lipinski definition) is 7. The van der Waals surface area contributed by atoms with Gasteiger partial charge in [-0.1, -0.05) is 30.3 Å². The van der Waals surface area contributed by atoms with E-state index in [0.717, 1.165) is 48.0 Å². The summed E-state index contributed by atoms with van der Waals surface area (Å²) in [7, 11) is 0. The van der Waals surface area contributed by atoms with Crippen molar-refractivity contribution in [3.8, 4) is 11.1 Å². The fourth-order valence-electron chi connectivity index (χ4n) is 4.49. The molecule has 0 bridgehead atoms. The van der Waals surface area contributed by atoms with Gasteiger partial charge in [-0.15, -0.1) is 11.3 Å². The Morgan fingerprint density at radius 1 is 0.939 bits per heavy atom. The van der Waals surface area contributed by atoms with Gasteiger partial charge >= 0.3 is 0 Å². The number of fused-ring (bicyclic) bond motifs is 1. The molecule has 1 aliphatic heterocycles. The van der Waals surface area contributed by atoms with E-state index in [-0.39, 0.29) is 0 Å². The summed E-state index contributed by atoms with van der Waals surface area (Å²) in [6, 6.07) is 14.0. The molecular formula is C25H24N6OS. The molecule has 0 radical (unpaired) electrons. The lowest BCUT2D eigenvalue weighted by Crippen LogP contribution is -2.47. The molecular weight excluding hydrogens is 432 g/mol. The van der Waals surface area contributed by atoms with Crippen molar-refractivity contribution in [2.75, 3.05) is 36.0 Å². The maximum Gasteiger partial charge on any atom is 0.252 e. The predicted octanol–water partition coefficient (Wildman–Crippen LogP) is 4.06. The molecule has 0 unspecified atom stereocenters. The first-order chi connectivity index (χ1) is 16.2. The number of rotatable bonds is 5. The van der Waals surface area contributed by atoms with Gasteiger partial charge in [0.15, 0.2) is 0 Å². The third-order valence-corrected chi connectivity index (χ3v) is 7.26. The summed E-state index contributed by atoms with van der Waals surface area (Å²) in [5.41, 5.74) is 8.43. The summed E-state index contributed by atoms with van der Waals surface area (Å²) in [6.45, 7) is 3.06. The van der Waals surface area contributed by atoms with Crippen LogP contribution in [-0.4, -0.2) is 47.0 Å². The predicted molar refractivity (Wildman–Crippen MR) is 132 cm³/mol. The fraction of sp³-hybridized carbons (Fsp3) is 0.280. The van der Waals surface area contributed by atoms with Crippen molar-refractivity contribution in [2.45, 2.75) is 18.8 Å². The molecule has 33 heavy (non-hydrogen) atoms. The normalized spacial score (nSPS) is 16.4. The Labute approximate surface area is 195 Å². The number of carbonyl (C=O) groups excluding carboxylic acids is 1. The van der Waals surface area contributed by atoms with Crippen LogP contribution in [-0.2, 0) is 0 Å². The molecule has 1 aromatic carbocycles. The standard InChI is InChI=1S/C25H24N6OS/c26-21(32)18-7-4-10-27-23(18)30-11-13-31(14-12-30)24-20-19(16-5-2-1-3-6-16)15-33-25(20)29-22(28-24)17-8-9-17/h1-7,10,15,17H,8-9,11-14H2,(H2,26,32). The third kappa shape index (κ3) is 3.70. The molecule has 1 saturated heterocycles. The van der Waals surface area contributed by atoms with E-state index >= 15 is 0 Å². The average molecular weight is 457 g/mol. The molecule has 2 aliphatic rings. The van der Waals surface area contributed by atoms with E-state index in [1.165, 1.54) is 24.0 Å². The minimum absolute atomic E-state index is 0.446. The highest BCUT2D eigenvalue weighted by Gasteiger charge is 2.31. The molecule has 0 atom stereocenters. The second kappa shape index (κ2) is 8.12. The van der Waals surface area contributed by atoms with Crippen molar-refractivity contribution in [1.29, 1.82) is 0 Å². The number of anilines is 2. The van der Waals surface area contributed by atoms with Crippen LogP contribution in [0.1, 0.15) is 34.9 Å². The number of amides is 1. The topological polar surface area (TPSA) is 88.2 Å². The molecule has 4 heterocycles. The Balaban J connectivity index is 1.36. The summed E-state index contributed by atoms with van der Waals surface area (Å²) in [4.78, 5) is 31.9. The van der Waals surface area contributed by atoms with E-state index in [1.54, 1.807) is 29.7 Å². The van der Waals surface area contributed by atoms with Crippen LogP contribution in [0.3, 0.4) is 0 Å². The van der Waals surface area contributed by atoms with Crippen LogP contribution in [0.2, 0.25) is 0 Å². The fourth-order valence-corrected chi connectivity index (χ4v) is 5.44. The zero-order valence-electron chi connectivity index (χ0n) is 18.1. The highest BCUT2D eigenvalue weighted by atomic mass is 32.1. The van der Waals surface area contributed by atoms with E-state index in [0.29, 0.717) is 17.3 Å². The van der Waals surface area contributed by atoms with Crippen LogP contribution in [0.15, 0.2) is 54.0 Å². The smallest absolute Gasteiger partial charge is 0.252 e. The van der Waals surface area contributed by atoms with Crippen LogP contribution in [0.5, 0.6) is 0 Å². The van der Waals surface area contributed by atoms with Crippen LogP contribution >= 0.6 is 11.3 Å². The van der Waals surface area contributed by atoms with Crippen molar-refractivity contribution < 1.29 is 4.79 Å². The Hall–Kier alpha value is -3.52. The summed E-state index contributed by atoms with van der Waals surface area (Å²) in [5, 5.41) is 3.35. The summed E-state index contributed by atoms with van der Waals surface area (Å²) < 4.78 is 0. The second-order valence-corrected chi connectivity index (χ2v) is 9.45. The first-order valence-corrected chi connectivity index (χ1v) is 12.2. The van der Waals surface area contributed by atoms with Crippen molar-refractivity contribution in [1.82, 2.24) is 15.0 Å². The first-order valence-electron chi connectivity index (χ1n) is 11.3. The number of nitrogens with zero attached hydrogens (tertiary/aromatic N) is 5. The van der Waals surface area contributed by atoms with Gasteiger partial charge in [-0.3, -0.25) is 4.79 Å². The van der Waals surface area contributed by atoms with E-state index < -0.39 is 5.91 Å². The minimum Gasteiger partial charge on any atom is -0.365 e. The number of thiophene rings is 1. The van der Waals surface area contributed by atoms with Gasteiger partial charge in [0.05, 0.1) is 10.9 Å². The van der Waals surface area contributed by atoms with Crippen LogP contribution in [0.4, 0.5) is 11.6 Å². The molecule has 1 aliphatic carbocycles. The molecule has 2 N–H and O–H groups in total. The lowest BCUT2D eigenvalue weighted by molar-refractivity contribution is 0.100. The molecule has 1 saturated carbocycles. The number of primary amides is 1. The van der Waals surface area contributed by atoms with E-state index in [2.05, 4.69) is 44.4 Å². The largest absolute Gasteiger partial charge is 0.365 e. The first kappa shape index (κ1) is 20.1. The second-order valence-electron chi connectivity index (χ2n) is 8.59. The molecule has 1 amide bonds. The number of aromatic nitrogens is 3. The van der Waals surface area contributed by atoms with E-state index in [9.17, 15) is 4.79 Å². The SMILES string of the molecule is NC(=O)c1cccnc1N1CCN(c2nc(C3CC3)nc3scc(-c4ccccc4)c23)CC1. The summed E-state index contributed by atoms with van der Waals surface area (Å²) >= 11 is 1.70. The number of carbonyl (C=O) groups is 1. The van der Waals surface area contributed by atoms with Gasteiger partial charge in [-0.2, -0.15) is 0 Å². The Bertz CT molecular complexity index is 1330. The van der Waals surface area contributed by atoms with Crippen molar-refractivity contribution in [2.24, 2.45) is 5.73 Å². The summed E-state index contributed by atoms with van der Waals surface area (Å²) in [5.74, 6) is 2.71. The van der Waals surface area contributed by atoms with Gasteiger partial charge < -0.3 is 15.5 Å². The zero-order chi connectivity index (χ0) is 22.4. The Morgan fingerprint density at radius 3 is 2.36 bits per heavy atom. The van der Waals surface area contributed by atoms with Gasteiger partial charge in [0.25, 0.3) is 5.91 Å². The molecule has 8 heteroatoms. The molecule has 3 aromatic heterocycles. The molecule has 7 nitrogen and oxygen atoms in total. The summed E-state index contributed by atoms with van der Waals surface area (Å²) in [6.07, 6.45) is 4.05. The Morgan fingerprint density at radius 2 is 1.67 bits per heavy atom. The van der Waals surface area contributed by atoms with Crippen molar-refractivity contribution >= 4 is 39.1 Å².